The van der Waals surface area contributed by atoms with Crippen molar-refractivity contribution in [2.75, 3.05) is 7.11 Å². The second kappa shape index (κ2) is 7.29. The molecule has 0 radical (unpaired) electrons. The Morgan fingerprint density at radius 2 is 2.21 bits per heavy atom. The second-order valence-corrected chi connectivity index (χ2v) is 6.80. The van der Waals surface area contributed by atoms with Gasteiger partial charge in [-0.05, 0) is 24.6 Å². The minimum absolute atomic E-state index is 0.00372. The topological polar surface area (TPSA) is 89.8 Å². The van der Waals surface area contributed by atoms with Crippen molar-refractivity contribution < 1.29 is 19.2 Å². The first-order valence-electron chi connectivity index (χ1n) is 6.55. The van der Waals surface area contributed by atoms with Crippen LogP contribution in [-0.4, -0.2) is 39.2 Å². The molecule has 0 aromatic heterocycles. The van der Waals surface area contributed by atoms with Gasteiger partial charge in [0.25, 0.3) is 11.6 Å². The number of methoxy groups -OCH3 is 1. The van der Waals surface area contributed by atoms with Gasteiger partial charge in [0, 0.05) is 6.07 Å². The largest absolute Gasteiger partial charge is 0.467 e. The maximum Gasteiger partial charge on any atom is 0.328 e. The van der Waals surface area contributed by atoms with Crippen molar-refractivity contribution >= 4 is 63.5 Å². The van der Waals surface area contributed by atoms with Crippen LogP contribution in [0.2, 0.25) is 5.02 Å². The van der Waals surface area contributed by atoms with E-state index in [-0.39, 0.29) is 19.9 Å². The van der Waals surface area contributed by atoms with Crippen molar-refractivity contribution in [1.29, 1.82) is 0 Å². The quantitative estimate of drug-likeness (QED) is 0.258. The molecule has 1 aliphatic rings. The zero-order valence-corrected chi connectivity index (χ0v) is 14.9. The Morgan fingerprint density at radius 1 is 1.54 bits per heavy atom. The van der Waals surface area contributed by atoms with Crippen LogP contribution in [0.4, 0.5) is 5.69 Å². The number of esters is 1. The van der Waals surface area contributed by atoms with Gasteiger partial charge in [-0.15, -0.1) is 0 Å². The fourth-order valence-electron chi connectivity index (χ4n) is 2.00. The smallest absolute Gasteiger partial charge is 0.328 e. The third-order valence-corrected chi connectivity index (χ3v) is 4.87. The molecule has 0 N–H and O–H groups in total. The summed E-state index contributed by atoms with van der Waals surface area (Å²) in [7, 11) is 1.22. The number of nitro groups is 1. The van der Waals surface area contributed by atoms with E-state index in [1.807, 2.05) is 0 Å². The monoisotopic (exact) mass is 386 g/mol. The van der Waals surface area contributed by atoms with Crippen molar-refractivity contribution in [2.45, 2.75) is 13.0 Å². The van der Waals surface area contributed by atoms with Crippen molar-refractivity contribution in [1.82, 2.24) is 4.90 Å². The van der Waals surface area contributed by atoms with Gasteiger partial charge in [0.1, 0.15) is 15.4 Å². The lowest BCUT2D eigenvalue weighted by atomic mass is 10.2. The number of nitrogens with zero attached hydrogens (tertiary/aromatic N) is 2. The summed E-state index contributed by atoms with van der Waals surface area (Å²) in [6, 6.07) is 3.33. The van der Waals surface area contributed by atoms with Crippen molar-refractivity contribution in [3.05, 3.63) is 43.8 Å². The molecule has 0 aliphatic carbocycles. The van der Waals surface area contributed by atoms with E-state index < -0.39 is 22.8 Å². The third-order valence-electron chi connectivity index (χ3n) is 3.22. The molecule has 7 nitrogen and oxygen atoms in total. The number of hydrogen-bond donors (Lipinski definition) is 0. The summed E-state index contributed by atoms with van der Waals surface area (Å²) >= 11 is 11.9. The molecular formula is C14H11ClN2O5S2. The molecule has 2 rings (SSSR count). The Hall–Kier alpha value is -1.97. The van der Waals surface area contributed by atoms with Gasteiger partial charge in [0.05, 0.1) is 16.9 Å². The normalized spacial score (nSPS) is 17.3. The number of carbonyl (C=O) groups excluding carboxylic acids is 2. The molecule has 1 unspecified atom stereocenters. The predicted octanol–water partition coefficient (Wildman–Crippen LogP) is 3.01. The van der Waals surface area contributed by atoms with Gasteiger partial charge in [-0.1, -0.05) is 41.6 Å². The third kappa shape index (κ3) is 3.58. The number of hydrogen-bond acceptors (Lipinski definition) is 7. The molecule has 1 aromatic rings. The minimum Gasteiger partial charge on any atom is -0.467 e. The number of amides is 1. The first-order chi connectivity index (χ1) is 11.3. The molecular weight excluding hydrogens is 376 g/mol. The van der Waals surface area contributed by atoms with E-state index in [1.165, 1.54) is 32.2 Å². The van der Waals surface area contributed by atoms with Crippen LogP contribution in [0.25, 0.3) is 6.08 Å². The highest BCUT2D eigenvalue weighted by Gasteiger charge is 2.38. The summed E-state index contributed by atoms with van der Waals surface area (Å²) in [5, 5.41) is 10.9. The van der Waals surface area contributed by atoms with E-state index >= 15 is 0 Å². The second-order valence-electron chi connectivity index (χ2n) is 4.72. The van der Waals surface area contributed by atoms with Crippen LogP contribution >= 0.6 is 35.6 Å². The van der Waals surface area contributed by atoms with Gasteiger partial charge in [0.2, 0.25) is 0 Å². The zero-order chi connectivity index (χ0) is 18.0. The molecule has 1 fully saturated rings. The van der Waals surface area contributed by atoms with Crippen LogP contribution in [0.3, 0.4) is 0 Å². The summed E-state index contributed by atoms with van der Waals surface area (Å²) in [4.78, 5) is 35.8. The Kier molecular flexibility index (Phi) is 5.58. The van der Waals surface area contributed by atoms with E-state index in [4.69, 9.17) is 23.8 Å². The SMILES string of the molecule is COC(=O)C(C)N1C(=O)C(=Cc2ccc(Cl)c([N+](=O)[O-])c2)SC1=S. The van der Waals surface area contributed by atoms with Crippen LogP contribution in [0, 0.1) is 10.1 Å². The lowest BCUT2D eigenvalue weighted by Crippen LogP contribution is -2.42. The molecule has 0 spiro atoms. The van der Waals surface area contributed by atoms with E-state index in [2.05, 4.69) is 4.74 Å². The lowest BCUT2D eigenvalue weighted by Gasteiger charge is -2.20. The molecule has 24 heavy (non-hydrogen) atoms. The highest BCUT2D eigenvalue weighted by molar-refractivity contribution is 8.26. The van der Waals surface area contributed by atoms with E-state index in [0.717, 1.165) is 16.7 Å². The van der Waals surface area contributed by atoms with Gasteiger partial charge in [-0.25, -0.2) is 4.79 Å². The highest BCUT2D eigenvalue weighted by atomic mass is 35.5. The maximum absolute atomic E-state index is 12.4. The van der Waals surface area contributed by atoms with E-state index in [1.54, 1.807) is 6.07 Å². The molecule has 10 heteroatoms. The van der Waals surface area contributed by atoms with Crippen molar-refractivity contribution in [3.63, 3.8) is 0 Å². The fraction of sp³-hybridized carbons (Fsp3) is 0.214. The molecule has 126 valence electrons. The Balaban J connectivity index is 2.34. The molecule has 1 aromatic carbocycles. The van der Waals surface area contributed by atoms with Gasteiger partial charge >= 0.3 is 5.97 Å². The van der Waals surface area contributed by atoms with Crippen LogP contribution in [0.15, 0.2) is 23.1 Å². The number of nitro benzene ring substituents is 1. The van der Waals surface area contributed by atoms with Gasteiger partial charge in [-0.2, -0.15) is 0 Å². The number of carbonyl (C=O) groups is 2. The summed E-state index contributed by atoms with van der Waals surface area (Å²) in [6.45, 7) is 1.51. The van der Waals surface area contributed by atoms with E-state index in [0.29, 0.717) is 5.56 Å². The summed E-state index contributed by atoms with van der Waals surface area (Å²) in [5.74, 6) is -1.05. The molecule has 1 atom stereocenters. The Labute approximate surface area is 151 Å². The summed E-state index contributed by atoms with van der Waals surface area (Å²) in [5.41, 5.74) is 0.168. The number of halogens is 1. The fourth-order valence-corrected chi connectivity index (χ4v) is 3.61. The standard InChI is InChI=1S/C14H11ClN2O5S2/c1-7(13(19)22-2)16-12(18)11(24-14(16)23)6-8-3-4-9(15)10(5-8)17(20)21/h3-7H,1-2H3. The molecule has 0 bridgehead atoms. The average molecular weight is 387 g/mol. The number of benzene rings is 1. The van der Waals surface area contributed by atoms with Gasteiger partial charge < -0.3 is 4.74 Å². The van der Waals surface area contributed by atoms with Crippen molar-refractivity contribution in [3.8, 4) is 0 Å². The molecule has 1 amide bonds. The van der Waals surface area contributed by atoms with Crippen LogP contribution in [-0.2, 0) is 14.3 Å². The average Bonchev–Trinajstić information content (AvgIpc) is 2.81. The lowest BCUT2D eigenvalue weighted by molar-refractivity contribution is -0.384. The van der Waals surface area contributed by atoms with Crippen molar-refractivity contribution in [2.24, 2.45) is 0 Å². The maximum atomic E-state index is 12.4. The predicted molar refractivity (Wildman–Crippen MR) is 94.6 cm³/mol. The first-order valence-corrected chi connectivity index (χ1v) is 8.15. The number of rotatable bonds is 4. The molecule has 0 saturated carbocycles. The van der Waals surface area contributed by atoms with E-state index in [9.17, 15) is 19.7 Å². The highest BCUT2D eigenvalue weighted by Crippen LogP contribution is 2.35. The molecule has 1 saturated heterocycles. The number of thioether (sulfide) groups is 1. The first kappa shape index (κ1) is 18.4. The van der Waals surface area contributed by atoms with Gasteiger partial charge in [0.15, 0.2) is 0 Å². The molecule has 1 aliphatic heterocycles. The number of thiocarbonyl (C=S) groups is 1. The van der Waals surface area contributed by atoms with Crippen LogP contribution in [0.1, 0.15) is 12.5 Å². The summed E-state index contributed by atoms with van der Waals surface area (Å²) < 4.78 is 4.83. The van der Waals surface area contributed by atoms with Crippen LogP contribution < -0.4 is 0 Å². The van der Waals surface area contributed by atoms with Crippen LogP contribution in [0.5, 0.6) is 0 Å². The Morgan fingerprint density at radius 3 is 2.79 bits per heavy atom. The zero-order valence-electron chi connectivity index (χ0n) is 12.5. The Bertz CT molecular complexity index is 780. The minimum atomic E-state index is -0.854. The number of ether oxygens (including phenoxy) is 1. The summed E-state index contributed by atoms with van der Waals surface area (Å²) in [6.07, 6.45) is 1.46. The molecule has 1 heterocycles. The van der Waals surface area contributed by atoms with Gasteiger partial charge in [-0.3, -0.25) is 19.8 Å².